The smallest absolute Gasteiger partial charge is 0.335 e. The minimum absolute atomic E-state index is 0.0326. The van der Waals surface area contributed by atoms with Gasteiger partial charge in [0.15, 0.2) is 0 Å². The molecule has 1 atom stereocenters. The molecule has 1 unspecified atom stereocenters. The number of likely N-dealkylation sites (tertiary alicyclic amines) is 2. The zero-order valence-electron chi connectivity index (χ0n) is 15.8. The maximum absolute atomic E-state index is 12.5. The maximum Gasteiger partial charge on any atom is 0.335 e. The van der Waals surface area contributed by atoms with Crippen molar-refractivity contribution >= 4 is 17.8 Å². The number of hydrogen-bond donors (Lipinski definition) is 2. The van der Waals surface area contributed by atoms with Gasteiger partial charge in [-0.25, -0.2) is 9.59 Å². The number of carboxylic acids is 2. The van der Waals surface area contributed by atoms with Gasteiger partial charge in [0.25, 0.3) is 0 Å². The van der Waals surface area contributed by atoms with Gasteiger partial charge in [-0.2, -0.15) is 0 Å². The first-order valence-electron chi connectivity index (χ1n) is 9.95. The first-order chi connectivity index (χ1) is 13.4. The molecule has 1 spiro atoms. The van der Waals surface area contributed by atoms with Crippen LogP contribution in [0.2, 0.25) is 0 Å². The van der Waals surface area contributed by atoms with Crippen LogP contribution in [0.4, 0.5) is 0 Å². The third kappa shape index (κ3) is 3.76. The lowest BCUT2D eigenvalue weighted by Gasteiger charge is -2.39. The largest absolute Gasteiger partial charge is 0.480 e. The Bertz CT molecular complexity index is 778. The van der Waals surface area contributed by atoms with E-state index in [0.717, 1.165) is 50.9 Å². The SMILES string of the molecule is O=C(O)c1ccc(CN2CCC3(CC2)CC(C(=O)O)N(C(=O)C2CC2)C3)cc1. The number of benzene rings is 1. The number of aromatic carboxylic acids is 1. The quantitative estimate of drug-likeness (QED) is 0.804. The van der Waals surface area contributed by atoms with Gasteiger partial charge in [-0.05, 0) is 68.3 Å². The van der Waals surface area contributed by atoms with Crippen LogP contribution in [0.15, 0.2) is 24.3 Å². The van der Waals surface area contributed by atoms with Crippen molar-refractivity contribution < 1.29 is 24.6 Å². The third-order valence-electron chi connectivity index (χ3n) is 6.53. The van der Waals surface area contributed by atoms with Crippen molar-refractivity contribution in [1.29, 1.82) is 0 Å². The molecule has 4 rings (SSSR count). The Kier molecular flexibility index (Phi) is 4.87. The molecule has 2 N–H and O–H groups in total. The number of carbonyl (C=O) groups excluding carboxylic acids is 1. The fourth-order valence-electron chi connectivity index (χ4n) is 4.63. The van der Waals surface area contributed by atoms with E-state index in [1.807, 2.05) is 12.1 Å². The Morgan fingerprint density at radius 2 is 1.68 bits per heavy atom. The summed E-state index contributed by atoms with van der Waals surface area (Å²) in [5.41, 5.74) is 1.27. The Hall–Kier alpha value is -2.41. The highest BCUT2D eigenvalue weighted by Crippen LogP contribution is 2.45. The fourth-order valence-corrected chi connectivity index (χ4v) is 4.63. The van der Waals surface area contributed by atoms with Crippen LogP contribution in [0.5, 0.6) is 0 Å². The monoisotopic (exact) mass is 386 g/mol. The van der Waals surface area contributed by atoms with E-state index in [1.165, 1.54) is 0 Å². The highest BCUT2D eigenvalue weighted by molar-refractivity contribution is 5.88. The average Bonchev–Trinajstić information content (AvgIpc) is 3.46. The predicted molar refractivity (Wildman–Crippen MR) is 101 cm³/mol. The van der Waals surface area contributed by atoms with Crippen LogP contribution in [0.25, 0.3) is 0 Å². The van der Waals surface area contributed by atoms with Crippen LogP contribution in [-0.2, 0) is 16.1 Å². The molecule has 7 heteroatoms. The fraction of sp³-hybridized carbons (Fsp3) is 0.571. The summed E-state index contributed by atoms with van der Waals surface area (Å²) >= 11 is 0. The summed E-state index contributed by atoms with van der Waals surface area (Å²) in [6.07, 6.45) is 4.12. The average molecular weight is 386 g/mol. The van der Waals surface area contributed by atoms with Crippen LogP contribution in [0.1, 0.15) is 48.0 Å². The molecule has 1 aliphatic carbocycles. The van der Waals surface area contributed by atoms with Crippen LogP contribution >= 0.6 is 0 Å². The highest BCUT2D eigenvalue weighted by Gasteiger charge is 2.51. The molecule has 7 nitrogen and oxygen atoms in total. The second kappa shape index (κ2) is 7.20. The highest BCUT2D eigenvalue weighted by atomic mass is 16.4. The Morgan fingerprint density at radius 3 is 2.21 bits per heavy atom. The normalized spacial score (nSPS) is 24.4. The maximum atomic E-state index is 12.5. The van der Waals surface area contributed by atoms with Gasteiger partial charge in [-0.1, -0.05) is 12.1 Å². The van der Waals surface area contributed by atoms with Gasteiger partial charge in [0.2, 0.25) is 5.91 Å². The van der Waals surface area contributed by atoms with E-state index in [2.05, 4.69) is 4.90 Å². The lowest BCUT2D eigenvalue weighted by Crippen LogP contribution is -2.43. The molecule has 1 saturated carbocycles. The van der Waals surface area contributed by atoms with Crippen molar-refractivity contribution in [2.75, 3.05) is 19.6 Å². The van der Waals surface area contributed by atoms with E-state index < -0.39 is 18.0 Å². The van der Waals surface area contributed by atoms with Crippen LogP contribution < -0.4 is 0 Å². The summed E-state index contributed by atoms with van der Waals surface area (Å²) in [5.74, 6) is -1.73. The van der Waals surface area contributed by atoms with Gasteiger partial charge in [-0.3, -0.25) is 9.69 Å². The molecular weight excluding hydrogens is 360 g/mol. The molecule has 2 aliphatic heterocycles. The number of nitrogens with zero attached hydrogens (tertiary/aromatic N) is 2. The van der Waals surface area contributed by atoms with Crippen LogP contribution in [0.3, 0.4) is 0 Å². The van der Waals surface area contributed by atoms with Crippen molar-refractivity contribution in [2.45, 2.75) is 44.7 Å². The van der Waals surface area contributed by atoms with Crippen molar-refractivity contribution in [3.8, 4) is 0 Å². The first kappa shape index (κ1) is 18.9. The van der Waals surface area contributed by atoms with E-state index in [1.54, 1.807) is 17.0 Å². The van der Waals surface area contributed by atoms with Gasteiger partial charge in [0, 0.05) is 19.0 Å². The minimum atomic E-state index is -0.925. The summed E-state index contributed by atoms with van der Waals surface area (Å²) < 4.78 is 0. The third-order valence-corrected chi connectivity index (χ3v) is 6.53. The van der Waals surface area contributed by atoms with E-state index in [9.17, 15) is 19.5 Å². The van der Waals surface area contributed by atoms with E-state index in [0.29, 0.717) is 13.0 Å². The number of carbonyl (C=O) groups is 3. The zero-order valence-corrected chi connectivity index (χ0v) is 15.8. The van der Waals surface area contributed by atoms with E-state index >= 15 is 0 Å². The summed E-state index contributed by atoms with van der Waals surface area (Å²) in [6, 6.07) is 6.26. The summed E-state index contributed by atoms with van der Waals surface area (Å²) in [7, 11) is 0. The Labute approximate surface area is 163 Å². The standard InChI is InChI=1S/C21H26N2O5/c24-18(15-5-6-15)23-13-21(11-17(23)20(27)28)7-9-22(10-8-21)12-14-1-3-16(4-2-14)19(25)26/h1-4,15,17H,5-13H2,(H,25,26)(H,27,28). The lowest BCUT2D eigenvalue weighted by atomic mass is 9.76. The number of rotatable bonds is 5. The number of hydrogen-bond acceptors (Lipinski definition) is 4. The molecular formula is C21H26N2O5. The zero-order chi connectivity index (χ0) is 19.9. The predicted octanol–water partition coefficient (Wildman–Crippen LogP) is 2.06. The first-order valence-corrected chi connectivity index (χ1v) is 9.95. The minimum Gasteiger partial charge on any atom is -0.480 e. The molecule has 1 amide bonds. The van der Waals surface area contributed by atoms with Crippen LogP contribution in [0, 0.1) is 11.3 Å². The summed E-state index contributed by atoms with van der Waals surface area (Å²) in [6.45, 7) is 3.04. The lowest BCUT2D eigenvalue weighted by molar-refractivity contribution is -0.148. The van der Waals surface area contributed by atoms with Gasteiger partial charge in [0.1, 0.15) is 6.04 Å². The van der Waals surface area contributed by atoms with Crippen molar-refractivity contribution in [1.82, 2.24) is 9.80 Å². The number of piperidine rings is 1. The molecule has 0 bridgehead atoms. The second-order valence-corrected chi connectivity index (χ2v) is 8.58. The van der Waals surface area contributed by atoms with Crippen molar-refractivity contribution in [2.24, 2.45) is 11.3 Å². The van der Waals surface area contributed by atoms with E-state index in [4.69, 9.17) is 5.11 Å². The molecule has 28 heavy (non-hydrogen) atoms. The van der Waals surface area contributed by atoms with Gasteiger partial charge in [0.05, 0.1) is 5.56 Å². The topological polar surface area (TPSA) is 98.2 Å². The van der Waals surface area contributed by atoms with Crippen molar-refractivity contribution in [3.05, 3.63) is 35.4 Å². The molecule has 2 heterocycles. The molecule has 1 aromatic carbocycles. The van der Waals surface area contributed by atoms with Gasteiger partial charge >= 0.3 is 11.9 Å². The molecule has 150 valence electrons. The Morgan fingerprint density at radius 1 is 1.04 bits per heavy atom. The second-order valence-electron chi connectivity index (χ2n) is 8.58. The Balaban J connectivity index is 1.37. The van der Waals surface area contributed by atoms with Gasteiger partial charge in [-0.15, -0.1) is 0 Å². The molecule has 0 radical (unpaired) electrons. The number of amides is 1. The summed E-state index contributed by atoms with van der Waals surface area (Å²) in [4.78, 5) is 39.2. The van der Waals surface area contributed by atoms with E-state index in [-0.39, 0.29) is 22.8 Å². The summed E-state index contributed by atoms with van der Waals surface area (Å²) in [5, 5.41) is 18.6. The molecule has 3 fully saturated rings. The molecule has 3 aliphatic rings. The molecule has 1 aromatic rings. The van der Waals surface area contributed by atoms with Crippen LogP contribution in [-0.4, -0.2) is 63.5 Å². The van der Waals surface area contributed by atoms with Crippen molar-refractivity contribution in [3.63, 3.8) is 0 Å². The number of aliphatic carboxylic acids is 1. The number of carboxylic acid groups (broad SMARTS) is 2. The molecule has 0 aromatic heterocycles. The molecule has 2 saturated heterocycles. The van der Waals surface area contributed by atoms with Gasteiger partial charge < -0.3 is 15.1 Å².